The van der Waals surface area contributed by atoms with Crippen LogP contribution in [0.15, 0.2) is 53.4 Å². The summed E-state index contributed by atoms with van der Waals surface area (Å²) in [6.45, 7) is 8.06. The molecule has 1 amide bonds. The molecule has 9 nitrogen and oxygen atoms in total. The third-order valence-corrected chi connectivity index (χ3v) is 8.40. The average Bonchev–Trinajstić information content (AvgIpc) is 2.95. The van der Waals surface area contributed by atoms with Crippen molar-refractivity contribution in [2.45, 2.75) is 90.0 Å². The van der Waals surface area contributed by atoms with E-state index in [1.54, 1.807) is 50.2 Å². The predicted molar refractivity (Wildman–Crippen MR) is 159 cm³/mol. The Morgan fingerprint density at radius 3 is 2.05 bits per heavy atom. The van der Waals surface area contributed by atoms with Crippen molar-refractivity contribution < 1.29 is 32.3 Å². The number of hydrogen-bond acceptors (Lipinski definition) is 7. The maximum absolute atomic E-state index is 13.6. The van der Waals surface area contributed by atoms with Crippen LogP contribution in [0.1, 0.15) is 88.1 Å². The minimum atomic E-state index is -3.83. The highest BCUT2D eigenvalue weighted by Gasteiger charge is 2.26. The van der Waals surface area contributed by atoms with Gasteiger partial charge < -0.3 is 14.8 Å². The molecule has 0 aliphatic heterocycles. The van der Waals surface area contributed by atoms with Crippen LogP contribution >= 0.6 is 0 Å². The van der Waals surface area contributed by atoms with E-state index in [1.165, 1.54) is 16.4 Å². The number of anilines is 1. The zero-order valence-electron chi connectivity index (χ0n) is 24.7. The lowest BCUT2D eigenvalue weighted by atomic mass is 10.1. The lowest BCUT2D eigenvalue weighted by Gasteiger charge is -2.25. The molecule has 1 atom stereocenters. The number of hydrogen-bond donors (Lipinski definition) is 1. The molecule has 226 valence electrons. The van der Waals surface area contributed by atoms with Gasteiger partial charge in [-0.3, -0.25) is 13.9 Å². The van der Waals surface area contributed by atoms with E-state index in [2.05, 4.69) is 12.2 Å². The van der Waals surface area contributed by atoms with Gasteiger partial charge in [-0.05, 0) is 70.0 Å². The molecule has 0 heterocycles. The van der Waals surface area contributed by atoms with Crippen LogP contribution < -0.4 is 9.62 Å². The third kappa shape index (κ3) is 10.8. The van der Waals surface area contributed by atoms with Crippen LogP contribution in [0, 0.1) is 6.92 Å². The Morgan fingerprint density at radius 1 is 0.829 bits per heavy atom. The van der Waals surface area contributed by atoms with E-state index in [1.807, 2.05) is 6.92 Å². The number of carbonyl (C=O) groups excluding carboxylic acids is 3. The Balaban J connectivity index is 2.22. The van der Waals surface area contributed by atoms with Gasteiger partial charge in [0, 0.05) is 18.5 Å². The van der Waals surface area contributed by atoms with E-state index < -0.39 is 33.9 Å². The largest absolute Gasteiger partial charge is 0.466 e. The number of ether oxygens (including phenoxy) is 2. The standard InChI is InChI=1S/C31H44N2O7S/c1-5-8-9-10-11-12-23-33(41(37,38)27-19-13-24(4)14-20-27)26-17-15-25(16-18-26)30(35)32-28(31(36)40-7-3)21-22-29(34)39-6-2/h13-20,28H,5-12,21-23H2,1-4H3,(H,32,35)/t28-/m1/s1. The smallest absolute Gasteiger partial charge is 0.328 e. The molecular formula is C31H44N2O7S. The highest BCUT2D eigenvalue weighted by Crippen LogP contribution is 2.25. The summed E-state index contributed by atoms with van der Waals surface area (Å²) in [4.78, 5) is 37.4. The number of unbranched alkanes of at least 4 members (excludes halogenated alkanes) is 5. The number of sulfonamides is 1. The molecule has 10 heteroatoms. The molecule has 0 aliphatic carbocycles. The first-order chi connectivity index (χ1) is 19.6. The first kappa shape index (κ1) is 33.8. The number of amides is 1. The Morgan fingerprint density at radius 2 is 1.44 bits per heavy atom. The van der Waals surface area contributed by atoms with E-state index in [0.717, 1.165) is 37.7 Å². The van der Waals surface area contributed by atoms with Crippen LogP contribution in [-0.4, -0.2) is 52.1 Å². The van der Waals surface area contributed by atoms with Crippen molar-refractivity contribution >= 4 is 33.6 Å². The third-order valence-electron chi connectivity index (χ3n) is 6.56. The summed E-state index contributed by atoms with van der Waals surface area (Å²) in [7, 11) is -3.83. The van der Waals surface area contributed by atoms with Crippen LogP contribution in [-0.2, 0) is 29.1 Å². The maximum Gasteiger partial charge on any atom is 0.328 e. The molecule has 0 aliphatic rings. The van der Waals surface area contributed by atoms with Gasteiger partial charge in [-0.15, -0.1) is 0 Å². The number of benzene rings is 2. The number of nitrogens with zero attached hydrogens (tertiary/aromatic N) is 1. The monoisotopic (exact) mass is 588 g/mol. The van der Waals surface area contributed by atoms with Gasteiger partial charge in [0.05, 0.1) is 23.8 Å². The molecule has 2 rings (SSSR count). The van der Waals surface area contributed by atoms with E-state index in [-0.39, 0.29) is 36.5 Å². The maximum atomic E-state index is 13.6. The fourth-order valence-corrected chi connectivity index (χ4v) is 5.77. The van der Waals surface area contributed by atoms with E-state index in [4.69, 9.17) is 9.47 Å². The summed E-state index contributed by atoms with van der Waals surface area (Å²) in [5, 5.41) is 2.63. The average molecular weight is 589 g/mol. The van der Waals surface area contributed by atoms with Gasteiger partial charge in [-0.25, -0.2) is 13.2 Å². The van der Waals surface area contributed by atoms with Crippen molar-refractivity contribution in [2.75, 3.05) is 24.1 Å². The van der Waals surface area contributed by atoms with Gasteiger partial charge in [0.25, 0.3) is 15.9 Å². The van der Waals surface area contributed by atoms with E-state index in [9.17, 15) is 22.8 Å². The summed E-state index contributed by atoms with van der Waals surface area (Å²) in [5.74, 6) is -1.65. The molecule has 0 saturated heterocycles. The quantitative estimate of drug-likeness (QED) is 0.179. The van der Waals surface area contributed by atoms with E-state index in [0.29, 0.717) is 18.7 Å². The second kappa shape index (κ2) is 17.4. The van der Waals surface area contributed by atoms with Crippen LogP contribution in [0.4, 0.5) is 5.69 Å². The second-order valence-electron chi connectivity index (χ2n) is 9.83. The van der Waals surface area contributed by atoms with Crippen molar-refractivity contribution in [2.24, 2.45) is 0 Å². The summed E-state index contributed by atoms with van der Waals surface area (Å²) >= 11 is 0. The van der Waals surface area contributed by atoms with Crippen LogP contribution in [0.2, 0.25) is 0 Å². The SMILES string of the molecule is CCCCCCCCN(c1ccc(C(=O)N[C@H](CCC(=O)OCC)C(=O)OCC)cc1)S(=O)(=O)c1ccc(C)cc1. The van der Waals surface area contributed by atoms with E-state index >= 15 is 0 Å². The molecule has 2 aromatic rings. The molecular weight excluding hydrogens is 544 g/mol. The fraction of sp³-hybridized carbons (Fsp3) is 0.516. The summed E-state index contributed by atoms with van der Waals surface area (Å²) in [6, 6.07) is 12.0. The fourth-order valence-electron chi connectivity index (χ4n) is 4.27. The topological polar surface area (TPSA) is 119 Å². The first-order valence-corrected chi connectivity index (χ1v) is 15.9. The number of nitrogens with one attached hydrogen (secondary N) is 1. The molecule has 0 fully saturated rings. The highest BCUT2D eigenvalue weighted by molar-refractivity contribution is 7.92. The molecule has 0 aromatic heterocycles. The number of esters is 2. The predicted octanol–water partition coefficient (Wildman–Crippen LogP) is 5.56. The molecule has 41 heavy (non-hydrogen) atoms. The van der Waals surface area contributed by atoms with Crippen molar-refractivity contribution in [3.05, 3.63) is 59.7 Å². The molecule has 0 unspecified atom stereocenters. The first-order valence-electron chi connectivity index (χ1n) is 14.5. The summed E-state index contributed by atoms with van der Waals surface area (Å²) in [6.07, 6.45) is 6.07. The van der Waals surface area contributed by atoms with Crippen molar-refractivity contribution in [3.63, 3.8) is 0 Å². The minimum Gasteiger partial charge on any atom is -0.466 e. The Kier molecular flexibility index (Phi) is 14.4. The highest BCUT2D eigenvalue weighted by atomic mass is 32.2. The lowest BCUT2D eigenvalue weighted by molar-refractivity contribution is -0.146. The summed E-state index contributed by atoms with van der Waals surface area (Å²) < 4.78 is 38.6. The van der Waals surface area contributed by atoms with Crippen LogP contribution in [0.5, 0.6) is 0 Å². The van der Waals surface area contributed by atoms with Crippen LogP contribution in [0.25, 0.3) is 0 Å². The Labute approximate surface area is 244 Å². The number of rotatable bonds is 18. The number of aryl methyl sites for hydroxylation is 1. The minimum absolute atomic E-state index is 0.0301. The van der Waals surface area contributed by atoms with Gasteiger partial charge in [-0.1, -0.05) is 56.7 Å². The Hall–Kier alpha value is -3.40. The molecule has 0 spiro atoms. The van der Waals surface area contributed by atoms with Gasteiger partial charge in [0.1, 0.15) is 6.04 Å². The van der Waals surface area contributed by atoms with Gasteiger partial charge in [0.2, 0.25) is 0 Å². The normalized spacial score (nSPS) is 11.9. The summed E-state index contributed by atoms with van der Waals surface area (Å²) in [5.41, 5.74) is 1.65. The van der Waals surface area contributed by atoms with Gasteiger partial charge in [-0.2, -0.15) is 0 Å². The van der Waals surface area contributed by atoms with Crippen molar-refractivity contribution in [3.8, 4) is 0 Å². The van der Waals surface area contributed by atoms with Gasteiger partial charge in [0.15, 0.2) is 0 Å². The molecule has 0 saturated carbocycles. The van der Waals surface area contributed by atoms with Gasteiger partial charge >= 0.3 is 11.9 Å². The zero-order valence-corrected chi connectivity index (χ0v) is 25.5. The Bertz CT molecular complexity index is 1210. The molecule has 1 N–H and O–H groups in total. The number of carbonyl (C=O) groups is 3. The molecule has 2 aromatic carbocycles. The van der Waals surface area contributed by atoms with Crippen molar-refractivity contribution in [1.82, 2.24) is 5.32 Å². The molecule has 0 radical (unpaired) electrons. The molecule has 0 bridgehead atoms. The zero-order chi connectivity index (χ0) is 30.3. The lowest BCUT2D eigenvalue weighted by Crippen LogP contribution is -2.42. The van der Waals surface area contributed by atoms with Crippen molar-refractivity contribution in [1.29, 1.82) is 0 Å². The second-order valence-corrected chi connectivity index (χ2v) is 11.7. The van der Waals surface area contributed by atoms with Crippen LogP contribution in [0.3, 0.4) is 0 Å².